The SMILES string of the molecule is Cc1[nH]cnc1CC1CCCc2cccnc21. The topological polar surface area (TPSA) is 41.6 Å². The van der Waals surface area contributed by atoms with Gasteiger partial charge in [-0.1, -0.05) is 6.07 Å². The molecule has 0 radical (unpaired) electrons. The predicted molar refractivity (Wildman–Crippen MR) is 66.9 cm³/mol. The summed E-state index contributed by atoms with van der Waals surface area (Å²) in [4.78, 5) is 12.1. The van der Waals surface area contributed by atoms with Crippen LogP contribution in [0.15, 0.2) is 24.7 Å². The summed E-state index contributed by atoms with van der Waals surface area (Å²) in [5.41, 5.74) is 5.10. The molecule has 3 rings (SSSR count). The summed E-state index contributed by atoms with van der Waals surface area (Å²) in [6, 6.07) is 4.26. The molecule has 0 saturated carbocycles. The van der Waals surface area contributed by atoms with Crippen LogP contribution in [0.25, 0.3) is 0 Å². The molecule has 0 aromatic carbocycles. The van der Waals surface area contributed by atoms with Crippen LogP contribution in [0.1, 0.15) is 41.4 Å². The van der Waals surface area contributed by atoms with Crippen LogP contribution in [0.4, 0.5) is 0 Å². The van der Waals surface area contributed by atoms with Crippen LogP contribution in [0, 0.1) is 6.92 Å². The number of aryl methyl sites for hydroxylation is 2. The normalized spacial score (nSPS) is 19.0. The average Bonchev–Trinajstić information content (AvgIpc) is 2.76. The quantitative estimate of drug-likeness (QED) is 0.857. The van der Waals surface area contributed by atoms with Gasteiger partial charge in [0.05, 0.1) is 12.0 Å². The van der Waals surface area contributed by atoms with E-state index in [4.69, 9.17) is 0 Å². The lowest BCUT2D eigenvalue weighted by molar-refractivity contribution is 0.530. The minimum atomic E-state index is 0.543. The third kappa shape index (κ3) is 1.97. The van der Waals surface area contributed by atoms with E-state index in [2.05, 4.69) is 27.9 Å². The minimum Gasteiger partial charge on any atom is -0.348 e. The Balaban J connectivity index is 1.88. The van der Waals surface area contributed by atoms with Crippen molar-refractivity contribution in [1.82, 2.24) is 15.0 Å². The molecule has 0 aliphatic heterocycles. The average molecular weight is 227 g/mol. The molecule has 0 spiro atoms. The summed E-state index contributed by atoms with van der Waals surface area (Å²) in [6.45, 7) is 2.09. The molecule has 0 bridgehead atoms. The van der Waals surface area contributed by atoms with Crippen molar-refractivity contribution < 1.29 is 0 Å². The first-order valence-electron chi connectivity index (χ1n) is 6.27. The third-order valence-electron chi connectivity index (χ3n) is 3.69. The van der Waals surface area contributed by atoms with Crippen LogP contribution in [-0.4, -0.2) is 15.0 Å². The fourth-order valence-electron chi connectivity index (χ4n) is 2.73. The van der Waals surface area contributed by atoms with Crippen molar-refractivity contribution in [3.05, 3.63) is 47.3 Å². The summed E-state index contributed by atoms with van der Waals surface area (Å²) >= 11 is 0. The third-order valence-corrected chi connectivity index (χ3v) is 3.69. The van der Waals surface area contributed by atoms with E-state index in [-0.39, 0.29) is 0 Å². The van der Waals surface area contributed by atoms with Crippen molar-refractivity contribution >= 4 is 0 Å². The first kappa shape index (κ1) is 10.5. The van der Waals surface area contributed by atoms with Crippen LogP contribution in [0.5, 0.6) is 0 Å². The highest BCUT2D eigenvalue weighted by Gasteiger charge is 2.22. The zero-order valence-corrected chi connectivity index (χ0v) is 10.1. The lowest BCUT2D eigenvalue weighted by Gasteiger charge is -2.23. The van der Waals surface area contributed by atoms with Crippen molar-refractivity contribution in [3.8, 4) is 0 Å². The van der Waals surface area contributed by atoms with Gasteiger partial charge in [0.25, 0.3) is 0 Å². The van der Waals surface area contributed by atoms with Gasteiger partial charge in [0.15, 0.2) is 0 Å². The molecule has 1 unspecified atom stereocenters. The second kappa shape index (κ2) is 4.32. The molecule has 88 valence electrons. The second-order valence-electron chi connectivity index (χ2n) is 4.82. The molecule has 0 amide bonds. The fourth-order valence-corrected chi connectivity index (χ4v) is 2.73. The van der Waals surface area contributed by atoms with Gasteiger partial charge in [0.2, 0.25) is 0 Å². The van der Waals surface area contributed by atoms with Gasteiger partial charge in [-0.05, 0) is 44.2 Å². The zero-order chi connectivity index (χ0) is 11.7. The standard InChI is InChI=1S/C14H17N3/c1-10-13(17-9-16-10)8-12-5-2-4-11-6-3-7-15-14(11)12/h3,6-7,9,12H,2,4-5,8H2,1H3,(H,16,17). The Morgan fingerprint density at radius 3 is 3.18 bits per heavy atom. The van der Waals surface area contributed by atoms with Crippen molar-refractivity contribution in [2.75, 3.05) is 0 Å². The van der Waals surface area contributed by atoms with E-state index in [1.165, 1.54) is 41.9 Å². The predicted octanol–water partition coefficient (Wildman–Crippen LogP) is 2.78. The van der Waals surface area contributed by atoms with E-state index in [9.17, 15) is 0 Å². The van der Waals surface area contributed by atoms with Gasteiger partial charge in [-0.2, -0.15) is 0 Å². The van der Waals surface area contributed by atoms with E-state index in [1.54, 1.807) is 6.33 Å². The van der Waals surface area contributed by atoms with Crippen molar-refractivity contribution in [1.29, 1.82) is 0 Å². The lowest BCUT2D eigenvalue weighted by Crippen LogP contribution is -2.14. The van der Waals surface area contributed by atoms with Crippen LogP contribution < -0.4 is 0 Å². The molecule has 0 saturated heterocycles. The molecule has 3 nitrogen and oxygen atoms in total. The molecule has 2 heterocycles. The number of aromatic amines is 1. The van der Waals surface area contributed by atoms with E-state index in [1.807, 2.05) is 12.3 Å². The summed E-state index contributed by atoms with van der Waals surface area (Å²) in [5, 5.41) is 0. The Morgan fingerprint density at radius 2 is 2.35 bits per heavy atom. The Labute approximate surface area is 101 Å². The minimum absolute atomic E-state index is 0.543. The monoisotopic (exact) mass is 227 g/mol. The molecule has 2 aromatic rings. The summed E-state index contributed by atoms with van der Waals surface area (Å²) in [7, 11) is 0. The Kier molecular flexibility index (Phi) is 2.67. The van der Waals surface area contributed by atoms with Crippen LogP contribution in [0.2, 0.25) is 0 Å². The van der Waals surface area contributed by atoms with Gasteiger partial charge in [-0.25, -0.2) is 4.98 Å². The van der Waals surface area contributed by atoms with Gasteiger partial charge < -0.3 is 4.98 Å². The van der Waals surface area contributed by atoms with Crippen molar-refractivity contribution in [2.24, 2.45) is 0 Å². The van der Waals surface area contributed by atoms with Gasteiger partial charge >= 0.3 is 0 Å². The summed E-state index contributed by atoms with van der Waals surface area (Å²) in [6.07, 6.45) is 8.39. The highest BCUT2D eigenvalue weighted by atomic mass is 14.9. The van der Waals surface area contributed by atoms with E-state index < -0.39 is 0 Å². The molecule has 1 aliphatic rings. The smallest absolute Gasteiger partial charge is 0.0925 e. The Hall–Kier alpha value is -1.64. The summed E-state index contributed by atoms with van der Waals surface area (Å²) < 4.78 is 0. The molecule has 1 aliphatic carbocycles. The first-order chi connectivity index (χ1) is 8.34. The summed E-state index contributed by atoms with van der Waals surface area (Å²) in [5.74, 6) is 0.543. The molecular weight excluding hydrogens is 210 g/mol. The highest BCUT2D eigenvalue weighted by Crippen LogP contribution is 2.32. The molecule has 2 aromatic heterocycles. The number of imidazole rings is 1. The molecule has 3 heteroatoms. The van der Waals surface area contributed by atoms with Gasteiger partial charge in [-0.15, -0.1) is 0 Å². The van der Waals surface area contributed by atoms with E-state index in [0.717, 1.165) is 6.42 Å². The first-order valence-corrected chi connectivity index (χ1v) is 6.27. The molecule has 1 atom stereocenters. The number of nitrogens with zero attached hydrogens (tertiary/aromatic N) is 2. The number of aromatic nitrogens is 3. The Bertz CT molecular complexity index is 516. The number of fused-ring (bicyclic) bond motifs is 1. The maximum atomic E-state index is 4.57. The molecule has 0 fully saturated rings. The largest absolute Gasteiger partial charge is 0.348 e. The number of hydrogen-bond donors (Lipinski definition) is 1. The molecule has 1 N–H and O–H groups in total. The zero-order valence-electron chi connectivity index (χ0n) is 10.1. The number of pyridine rings is 1. The Morgan fingerprint density at radius 1 is 1.41 bits per heavy atom. The van der Waals surface area contributed by atoms with Gasteiger partial charge in [0.1, 0.15) is 0 Å². The number of hydrogen-bond acceptors (Lipinski definition) is 2. The number of H-pyrrole nitrogens is 1. The lowest BCUT2D eigenvalue weighted by atomic mass is 9.84. The molecular formula is C14H17N3. The fraction of sp³-hybridized carbons (Fsp3) is 0.429. The van der Waals surface area contributed by atoms with Crippen LogP contribution >= 0.6 is 0 Å². The van der Waals surface area contributed by atoms with Crippen molar-refractivity contribution in [2.45, 2.75) is 38.5 Å². The molecule has 17 heavy (non-hydrogen) atoms. The van der Waals surface area contributed by atoms with Crippen LogP contribution in [0.3, 0.4) is 0 Å². The van der Waals surface area contributed by atoms with Crippen LogP contribution in [-0.2, 0) is 12.8 Å². The number of nitrogens with one attached hydrogen (secondary N) is 1. The number of rotatable bonds is 2. The maximum absolute atomic E-state index is 4.57. The van der Waals surface area contributed by atoms with E-state index >= 15 is 0 Å². The maximum Gasteiger partial charge on any atom is 0.0925 e. The van der Waals surface area contributed by atoms with Gasteiger partial charge in [0, 0.05) is 23.5 Å². The highest BCUT2D eigenvalue weighted by molar-refractivity contribution is 5.27. The second-order valence-corrected chi connectivity index (χ2v) is 4.82. The van der Waals surface area contributed by atoms with E-state index in [0.29, 0.717) is 5.92 Å². The van der Waals surface area contributed by atoms with Crippen molar-refractivity contribution in [3.63, 3.8) is 0 Å². The van der Waals surface area contributed by atoms with Gasteiger partial charge in [-0.3, -0.25) is 4.98 Å².